The van der Waals surface area contributed by atoms with E-state index in [2.05, 4.69) is 124 Å². The van der Waals surface area contributed by atoms with Gasteiger partial charge in [0.1, 0.15) is 12.8 Å². The molecule has 0 saturated carbocycles. The van der Waals surface area contributed by atoms with Gasteiger partial charge in [0.2, 0.25) is 5.69 Å². The van der Waals surface area contributed by atoms with Gasteiger partial charge in [0.15, 0.2) is 5.71 Å². The third-order valence-electron chi connectivity index (χ3n) is 8.22. The van der Waals surface area contributed by atoms with Gasteiger partial charge in [-0.15, -0.1) is 0 Å². The lowest BCUT2D eigenvalue weighted by atomic mass is 9.81. The van der Waals surface area contributed by atoms with Gasteiger partial charge in [-0.25, -0.2) is 0 Å². The maximum atomic E-state index is 5.94. The smallest absolute Gasteiger partial charge is 0.209 e. The minimum absolute atomic E-state index is 0.0228. The molecular weight excluding hydrogens is 428 g/mol. The molecule has 35 heavy (non-hydrogen) atoms. The van der Waals surface area contributed by atoms with Crippen LogP contribution >= 0.6 is 0 Å². The third kappa shape index (κ3) is 3.60. The first-order valence-electron chi connectivity index (χ1n) is 12.6. The minimum atomic E-state index is -0.0228. The lowest BCUT2D eigenvalue weighted by molar-refractivity contribution is -0.401. The van der Waals surface area contributed by atoms with Gasteiger partial charge in [-0.05, 0) is 61.6 Å². The van der Waals surface area contributed by atoms with E-state index in [9.17, 15) is 0 Å². The summed E-state index contributed by atoms with van der Waals surface area (Å²) >= 11 is 0. The van der Waals surface area contributed by atoms with Crippen LogP contribution in [0.5, 0.6) is 0 Å². The fraction of sp³-hybridized carbons (Fsp3) is 0.344. The van der Waals surface area contributed by atoms with E-state index < -0.39 is 0 Å². The molecule has 0 aromatic heterocycles. The fourth-order valence-corrected chi connectivity index (χ4v) is 6.25. The largest absolute Gasteiger partial charge is 0.496 e. The molecule has 0 unspecified atom stereocenters. The first-order chi connectivity index (χ1) is 16.7. The second-order valence-electron chi connectivity index (χ2n) is 10.9. The molecule has 2 aliphatic heterocycles. The topological polar surface area (TPSA) is 15.5 Å². The van der Waals surface area contributed by atoms with Crippen LogP contribution in [0.4, 0.5) is 11.4 Å². The number of allylic oxidation sites excluding steroid dienone is 7. The molecule has 0 N–H and O–H groups in total. The summed E-state index contributed by atoms with van der Waals surface area (Å²) in [5.41, 5.74) is 10.5. The predicted molar refractivity (Wildman–Crippen MR) is 147 cm³/mol. The number of ether oxygens (including phenoxy) is 1. The molecule has 2 heterocycles. The lowest BCUT2D eigenvalue weighted by Crippen LogP contribution is -2.26. The average Bonchev–Trinajstić information content (AvgIpc) is 3.39. The number of nitrogens with zero attached hydrogens (tertiary/aromatic N) is 2. The molecule has 2 aromatic rings. The van der Waals surface area contributed by atoms with Crippen molar-refractivity contribution >= 4 is 17.1 Å². The zero-order chi connectivity index (χ0) is 25.0. The molecular formula is C32H37N2O+. The highest BCUT2D eigenvalue weighted by atomic mass is 16.5. The molecule has 3 nitrogen and oxygen atoms in total. The molecule has 0 saturated heterocycles. The summed E-state index contributed by atoms with van der Waals surface area (Å²) in [7, 11) is 6.14. The number of methoxy groups -OCH3 is 1. The molecule has 2 aromatic carbocycles. The molecule has 0 amide bonds. The number of anilines is 1. The predicted octanol–water partition coefficient (Wildman–Crippen LogP) is 7.18. The quantitative estimate of drug-likeness (QED) is 0.444. The standard InChI is InChI=1S/C32H37N2O/c1-31(2)24-12-8-10-14-26(24)33(5)28(31)20-18-22-16-17-23(30(22)35-7)19-21-29-32(3,4)25-13-9-11-15-27(25)34(29)6/h8-15,18-21H,16-17H2,1-7H3/q+1. The monoisotopic (exact) mass is 465 g/mol. The molecule has 0 spiro atoms. The van der Waals surface area contributed by atoms with Gasteiger partial charge in [0, 0.05) is 41.6 Å². The Morgan fingerprint density at radius 1 is 0.857 bits per heavy atom. The lowest BCUT2D eigenvalue weighted by Gasteiger charge is -2.23. The van der Waals surface area contributed by atoms with Crippen molar-refractivity contribution in [2.45, 2.75) is 51.4 Å². The maximum Gasteiger partial charge on any atom is 0.209 e. The number of rotatable bonds is 4. The maximum absolute atomic E-state index is 5.94. The highest BCUT2D eigenvalue weighted by molar-refractivity contribution is 6.03. The van der Waals surface area contributed by atoms with Crippen LogP contribution in [-0.2, 0) is 15.6 Å². The summed E-state index contributed by atoms with van der Waals surface area (Å²) in [5.74, 6) is 1.02. The Kier molecular flexibility index (Phi) is 5.62. The fourth-order valence-electron chi connectivity index (χ4n) is 6.25. The molecule has 1 aliphatic carbocycles. The van der Waals surface area contributed by atoms with E-state index in [0.29, 0.717) is 0 Å². The van der Waals surface area contributed by atoms with Crippen molar-refractivity contribution in [3.63, 3.8) is 0 Å². The van der Waals surface area contributed by atoms with Gasteiger partial charge in [0.25, 0.3) is 0 Å². The molecule has 0 radical (unpaired) electrons. The van der Waals surface area contributed by atoms with Crippen LogP contribution in [0.15, 0.2) is 95.4 Å². The van der Waals surface area contributed by atoms with Gasteiger partial charge in [-0.1, -0.05) is 56.3 Å². The summed E-state index contributed by atoms with van der Waals surface area (Å²) in [6, 6.07) is 17.4. The highest BCUT2D eigenvalue weighted by Crippen LogP contribution is 2.47. The minimum Gasteiger partial charge on any atom is -0.496 e. The van der Waals surface area contributed by atoms with E-state index in [4.69, 9.17) is 4.74 Å². The Labute approximate surface area is 210 Å². The molecule has 5 rings (SSSR count). The summed E-state index contributed by atoms with van der Waals surface area (Å²) in [5, 5.41) is 0. The van der Waals surface area contributed by atoms with Crippen LogP contribution in [0, 0.1) is 0 Å². The molecule has 3 aliphatic rings. The van der Waals surface area contributed by atoms with E-state index in [1.54, 1.807) is 7.11 Å². The molecule has 0 fully saturated rings. The Bertz CT molecular complexity index is 1350. The van der Waals surface area contributed by atoms with E-state index in [-0.39, 0.29) is 10.8 Å². The average molecular weight is 466 g/mol. The van der Waals surface area contributed by atoms with Crippen LogP contribution in [0.25, 0.3) is 0 Å². The van der Waals surface area contributed by atoms with Crippen molar-refractivity contribution in [1.29, 1.82) is 0 Å². The molecule has 0 atom stereocenters. The zero-order valence-electron chi connectivity index (χ0n) is 22.1. The number of hydrogen-bond acceptors (Lipinski definition) is 2. The van der Waals surface area contributed by atoms with Crippen LogP contribution in [0.1, 0.15) is 51.7 Å². The Morgan fingerprint density at radius 3 is 2.23 bits per heavy atom. The summed E-state index contributed by atoms with van der Waals surface area (Å²) in [4.78, 5) is 2.32. The van der Waals surface area contributed by atoms with Gasteiger partial charge < -0.3 is 9.64 Å². The van der Waals surface area contributed by atoms with Gasteiger partial charge in [0.05, 0.1) is 12.5 Å². The number of likely N-dealkylation sites (N-methyl/N-ethyl adjacent to an activating group) is 1. The van der Waals surface area contributed by atoms with Gasteiger partial charge in [-0.2, -0.15) is 4.58 Å². The van der Waals surface area contributed by atoms with Crippen molar-refractivity contribution in [3.8, 4) is 0 Å². The van der Waals surface area contributed by atoms with Gasteiger partial charge in [-0.3, -0.25) is 0 Å². The van der Waals surface area contributed by atoms with Crippen molar-refractivity contribution in [2.24, 2.45) is 0 Å². The van der Waals surface area contributed by atoms with Gasteiger partial charge >= 0.3 is 0 Å². The Hall–Kier alpha value is -3.33. The SMILES string of the molecule is COC1=C(/C=C/C2=[N+](C)c3ccccc3C2(C)C)CC/C1=C\C=C1\N(C)c2ccccc2C1(C)C. The van der Waals surface area contributed by atoms with Crippen molar-refractivity contribution in [1.82, 2.24) is 0 Å². The van der Waals surface area contributed by atoms with E-state index in [1.165, 1.54) is 45.1 Å². The van der Waals surface area contributed by atoms with E-state index in [1.807, 2.05) is 0 Å². The molecule has 180 valence electrons. The third-order valence-corrected chi connectivity index (χ3v) is 8.22. The number of fused-ring (bicyclic) bond motifs is 2. The molecule has 3 heteroatoms. The van der Waals surface area contributed by atoms with E-state index >= 15 is 0 Å². The second-order valence-corrected chi connectivity index (χ2v) is 10.9. The normalized spacial score (nSPS) is 22.7. The summed E-state index contributed by atoms with van der Waals surface area (Å²) in [6.45, 7) is 9.24. The Morgan fingerprint density at radius 2 is 1.54 bits per heavy atom. The first-order valence-corrected chi connectivity index (χ1v) is 12.6. The summed E-state index contributed by atoms with van der Waals surface area (Å²) in [6.07, 6.45) is 11.1. The van der Waals surface area contributed by atoms with Crippen LogP contribution < -0.4 is 4.90 Å². The number of hydrogen-bond donors (Lipinski definition) is 0. The number of para-hydroxylation sites is 2. The van der Waals surface area contributed by atoms with Crippen LogP contribution in [-0.4, -0.2) is 31.5 Å². The summed E-state index contributed by atoms with van der Waals surface area (Å²) < 4.78 is 8.27. The van der Waals surface area contributed by atoms with Crippen molar-refractivity contribution in [2.75, 3.05) is 26.1 Å². The zero-order valence-corrected chi connectivity index (χ0v) is 22.1. The molecule has 0 bridgehead atoms. The van der Waals surface area contributed by atoms with Crippen molar-refractivity contribution < 1.29 is 9.31 Å². The second kappa shape index (κ2) is 8.41. The highest BCUT2D eigenvalue weighted by Gasteiger charge is 2.42. The van der Waals surface area contributed by atoms with Crippen LogP contribution in [0.3, 0.4) is 0 Å². The van der Waals surface area contributed by atoms with Crippen LogP contribution in [0.2, 0.25) is 0 Å². The van der Waals surface area contributed by atoms with E-state index in [0.717, 1.165) is 18.6 Å². The Balaban J connectivity index is 1.46. The van der Waals surface area contributed by atoms with Crippen molar-refractivity contribution in [3.05, 3.63) is 107 Å². The first kappa shape index (κ1) is 23.4. The number of benzene rings is 2.